The van der Waals surface area contributed by atoms with E-state index in [2.05, 4.69) is 38.6 Å². The summed E-state index contributed by atoms with van der Waals surface area (Å²) in [6.45, 7) is 12.8. The lowest BCUT2D eigenvalue weighted by Crippen LogP contribution is -2.40. The number of aromatic carboxylic acids is 1. The van der Waals surface area contributed by atoms with Crippen molar-refractivity contribution in [3.05, 3.63) is 52.8 Å². The molecule has 1 atom stereocenters. The van der Waals surface area contributed by atoms with Crippen LogP contribution in [0.15, 0.2) is 30.3 Å². The number of rotatable bonds is 9. The zero-order valence-corrected chi connectivity index (χ0v) is 19.8. The molecule has 1 aliphatic carbocycles. The van der Waals surface area contributed by atoms with Gasteiger partial charge in [-0.2, -0.15) is 5.10 Å². The third-order valence-corrected chi connectivity index (χ3v) is 7.46. The molecule has 30 heavy (non-hydrogen) atoms. The topological polar surface area (TPSA) is 73.6 Å². The van der Waals surface area contributed by atoms with Gasteiger partial charge >= 0.3 is 5.97 Å². The highest BCUT2D eigenvalue weighted by atomic mass is 28.3. The average molecular weight is 431 g/mol. The Bertz CT molecular complexity index is 871. The first-order valence-electron chi connectivity index (χ1n) is 10.6. The van der Waals surface area contributed by atoms with E-state index in [1.165, 1.54) is 0 Å². The summed E-state index contributed by atoms with van der Waals surface area (Å²) in [5.74, 6) is -0.992. The highest BCUT2D eigenvalue weighted by Crippen LogP contribution is 2.38. The van der Waals surface area contributed by atoms with Gasteiger partial charge in [0.1, 0.15) is 6.73 Å². The van der Waals surface area contributed by atoms with Crippen LogP contribution in [0, 0.1) is 5.41 Å². The van der Waals surface area contributed by atoms with Crippen LogP contribution in [-0.4, -0.2) is 41.6 Å². The monoisotopic (exact) mass is 430 g/mol. The van der Waals surface area contributed by atoms with Crippen molar-refractivity contribution in [3.63, 3.8) is 0 Å². The number of hydrogen-bond acceptors (Lipinski definition) is 4. The van der Waals surface area contributed by atoms with Crippen molar-refractivity contribution in [2.24, 2.45) is 5.41 Å². The summed E-state index contributed by atoms with van der Waals surface area (Å²) in [5.41, 5.74) is 2.86. The van der Waals surface area contributed by atoms with Gasteiger partial charge < -0.3 is 14.6 Å². The van der Waals surface area contributed by atoms with Gasteiger partial charge in [0.2, 0.25) is 0 Å². The van der Waals surface area contributed by atoms with Gasteiger partial charge in [0.15, 0.2) is 5.69 Å². The first kappa shape index (κ1) is 22.7. The first-order chi connectivity index (χ1) is 14.1. The Morgan fingerprint density at radius 2 is 1.97 bits per heavy atom. The molecule has 0 saturated carbocycles. The molecule has 1 heterocycles. The molecule has 0 saturated heterocycles. The summed E-state index contributed by atoms with van der Waals surface area (Å²) >= 11 is 0. The van der Waals surface area contributed by atoms with E-state index in [4.69, 9.17) is 9.47 Å². The Balaban J connectivity index is 1.75. The number of benzene rings is 1. The molecule has 1 unspecified atom stereocenters. The molecule has 3 rings (SSSR count). The van der Waals surface area contributed by atoms with Crippen LogP contribution in [-0.2, 0) is 35.7 Å². The van der Waals surface area contributed by atoms with Crippen LogP contribution >= 0.6 is 0 Å². The average Bonchev–Trinajstić information content (AvgIpc) is 3.00. The molecule has 1 aromatic carbocycles. The summed E-state index contributed by atoms with van der Waals surface area (Å²) < 4.78 is 13.9. The second-order valence-electron chi connectivity index (χ2n) is 10.1. The largest absolute Gasteiger partial charge is 0.476 e. The minimum absolute atomic E-state index is 0.0752. The molecule has 0 aliphatic heterocycles. The van der Waals surface area contributed by atoms with E-state index in [1.807, 2.05) is 30.3 Å². The van der Waals surface area contributed by atoms with Gasteiger partial charge in [0, 0.05) is 32.4 Å². The van der Waals surface area contributed by atoms with Crippen molar-refractivity contribution in [2.45, 2.75) is 71.8 Å². The molecule has 1 aliphatic rings. The van der Waals surface area contributed by atoms with Crippen molar-refractivity contribution in [1.29, 1.82) is 0 Å². The fourth-order valence-corrected chi connectivity index (χ4v) is 4.57. The predicted molar refractivity (Wildman–Crippen MR) is 119 cm³/mol. The standard InChI is InChI=1S/C23H34N2O4Si/c1-23(2)14-19-18(13-20(23)29-15-17-9-7-6-8-10-17)21(22(26)27)24-25(19)16-28-11-12-30(3,4)5/h6-10,20H,11-16H2,1-5H3,(H,26,27). The van der Waals surface area contributed by atoms with Crippen LogP contribution in [0.5, 0.6) is 0 Å². The number of hydrogen-bond donors (Lipinski definition) is 1. The molecule has 1 aromatic heterocycles. The van der Waals surface area contributed by atoms with Gasteiger partial charge in [-0.3, -0.25) is 0 Å². The van der Waals surface area contributed by atoms with E-state index < -0.39 is 14.0 Å². The Kier molecular flexibility index (Phi) is 6.84. The van der Waals surface area contributed by atoms with Crippen molar-refractivity contribution in [3.8, 4) is 0 Å². The highest BCUT2D eigenvalue weighted by Gasteiger charge is 2.40. The third kappa shape index (κ3) is 5.59. The Morgan fingerprint density at radius 3 is 2.60 bits per heavy atom. The molecule has 1 N–H and O–H groups in total. The maximum absolute atomic E-state index is 11.8. The highest BCUT2D eigenvalue weighted by molar-refractivity contribution is 6.76. The summed E-state index contributed by atoms with van der Waals surface area (Å²) in [5, 5.41) is 14.1. The van der Waals surface area contributed by atoms with Crippen LogP contribution in [0.2, 0.25) is 25.7 Å². The van der Waals surface area contributed by atoms with Crippen LogP contribution < -0.4 is 0 Å². The minimum Gasteiger partial charge on any atom is -0.476 e. The van der Waals surface area contributed by atoms with Gasteiger partial charge in [-0.15, -0.1) is 0 Å². The summed E-state index contributed by atoms with van der Waals surface area (Å²) in [4.78, 5) is 11.8. The number of fused-ring (bicyclic) bond motifs is 1. The lowest BCUT2D eigenvalue weighted by Gasteiger charge is -2.38. The van der Waals surface area contributed by atoms with Gasteiger partial charge in [-0.25, -0.2) is 9.48 Å². The van der Waals surface area contributed by atoms with E-state index in [-0.39, 0.29) is 17.2 Å². The van der Waals surface area contributed by atoms with E-state index in [0.29, 0.717) is 32.8 Å². The number of ether oxygens (including phenoxy) is 2. The third-order valence-electron chi connectivity index (χ3n) is 5.76. The zero-order valence-electron chi connectivity index (χ0n) is 18.8. The quantitative estimate of drug-likeness (QED) is 0.465. The second kappa shape index (κ2) is 9.04. The van der Waals surface area contributed by atoms with Crippen molar-refractivity contribution >= 4 is 14.0 Å². The van der Waals surface area contributed by atoms with Crippen LogP contribution in [0.25, 0.3) is 0 Å². The van der Waals surface area contributed by atoms with Crippen molar-refractivity contribution in [1.82, 2.24) is 9.78 Å². The molecule has 0 spiro atoms. The van der Waals surface area contributed by atoms with Crippen LogP contribution in [0.1, 0.15) is 41.2 Å². The summed E-state index contributed by atoms with van der Waals surface area (Å²) in [6.07, 6.45) is 1.18. The Labute approximate surface area is 180 Å². The van der Waals surface area contributed by atoms with Gasteiger partial charge in [0.05, 0.1) is 12.7 Å². The zero-order chi connectivity index (χ0) is 21.9. The number of nitrogens with zero attached hydrogens (tertiary/aromatic N) is 2. The number of carbonyl (C=O) groups is 1. The minimum atomic E-state index is -1.17. The first-order valence-corrected chi connectivity index (χ1v) is 14.3. The summed E-state index contributed by atoms with van der Waals surface area (Å²) in [7, 11) is -1.17. The molecule has 164 valence electrons. The fourth-order valence-electron chi connectivity index (χ4n) is 3.82. The van der Waals surface area contributed by atoms with E-state index in [0.717, 1.165) is 22.9 Å². The molecule has 0 bridgehead atoms. The smallest absolute Gasteiger partial charge is 0.356 e. The SMILES string of the molecule is CC1(C)Cc2c(c(C(=O)O)nn2COCC[Si](C)(C)C)CC1OCc1ccccc1. The van der Waals surface area contributed by atoms with Gasteiger partial charge in [0.25, 0.3) is 0 Å². The second-order valence-corrected chi connectivity index (χ2v) is 15.7. The van der Waals surface area contributed by atoms with E-state index in [9.17, 15) is 9.90 Å². The normalized spacial score (nSPS) is 18.2. The Morgan fingerprint density at radius 1 is 1.27 bits per heavy atom. The van der Waals surface area contributed by atoms with E-state index >= 15 is 0 Å². The van der Waals surface area contributed by atoms with Crippen molar-refractivity contribution in [2.75, 3.05) is 6.61 Å². The summed E-state index contributed by atoms with van der Waals surface area (Å²) in [6, 6.07) is 11.1. The van der Waals surface area contributed by atoms with Crippen molar-refractivity contribution < 1.29 is 19.4 Å². The van der Waals surface area contributed by atoms with Crippen LogP contribution in [0.3, 0.4) is 0 Å². The number of carboxylic acids is 1. The van der Waals surface area contributed by atoms with E-state index in [1.54, 1.807) is 4.68 Å². The maximum atomic E-state index is 11.8. The number of carboxylic acid groups (broad SMARTS) is 1. The predicted octanol–water partition coefficient (Wildman–Crippen LogP) is 4.60. The fraction of sp³-hybridized carbons (Fsp3) is 0.565. The maximum Gasteiger partial charge on any atom is 0.356 e. The molecule has 0 radical (unpaired) electrons. The number of aromatic nitrogens is 2. The van der Waals surface area contributed by atoms with Crippen LogP contribution in [0.4, 0.5) is 0 Å². The molecule has 0 fully saturated rings. The molecule has 6 nitrogen and oxygen atoms in total. The molecule has 0 amide bonds. The molecule has 7 heteroatoms. The lowest BCUT2D eigenvalue weighted by atomic mass is 9.73. The van der Waals surface area contributed by atoms with Gasteiger partial charge in [-0.1, -0.05) is 63.8 Å². The lowest BCUT2D eigenvalue weighted by molar-refractivity contribution is -0.0423. The van der Waals surface area contributed by atoms with Gasteiger partial charge in [-0.05, 0) is 23.4 Å². The molecular formula is C23H34N2O4Si. The molecular weight excluding hydrogens is 396 g/mol. The molecule has 2 aromatic rings. The Hall–Kier alpha value is -1.96.